The highest BCUT2D eigenvalue weighted by Crippen LogP contribution is 2.31. The van der Waals surface area contributed by atoms with Crippen molar-refractivity contribution in [3.8, 4) is 0 Å². The van der Waals surface area contributed by atoms with Crippen LogP contribution in [0.15, 0.2) is 0 Å². The summed E-state index contributed by atoms with van der Waals surface area (Å²) in [5.41, 5.74) is 0. The standard InChI is InChI=1S/C40H65N5O28/c1-15-25(54)29(58)32(61)37(68-15)65-6-4-41-19(48)9-44(11-21(50)43-8-24(53)73-45-22(51)2-3-23(45)52)10-20(49)42-5-7-66-39-35(64)36(72-40-34(63)31(60)27(56)17(13-47)70-40)28(57)18(71-39)14-67-38-33(62)30(59)26(55)16(12-46)69-38/h15-18,25-40,46-47,54-64H,2-14H2,1H3,(H,41,48)(H,42,49)(H,43,50)/t15-,16+,17+,18+,25+,26+,27+,28+,29+,30-,31-,32-,33-,34-,35-,36-,37+,38?,39-,40+/m0/s1. The van der Waals surface area contributed by atoms with Gasteiger partial charge < -0.3 is 125 Å². The summed E-state index contributed by atoms with van der Waals surface area (Å²) < 4.78 is 44.0. The lowest BCUT2D eigenvalue weighted by Crippen LogP contribution is -2.65. The molecule has 33 heteroatoms. The molecule has 5 fully saturated rings. The zero-order chi connectivity index (χ0) is 53.8. The summed E-state index contributed by atoms with van der Waals surface area (Å²) in [6.45, 7) is -5.25. The molecule has 418 valence electrons. The van der Waals surface area contributed by atoms with Crippen LogP contribution in [0.1, 0.15) is 19.8 Å². The molecule has 1 unspecified atom stereocenters. The molecule has 5 amide bonds. The summed E-state index contributed by atoms with van der Waals surface area (Å²) in [7, 11) is 0. The topological polar surface area (TPSA) is 491 Å². The summed E-state index contributed by atoms with van der Waals surface area (Å²) in [5.74, 6) is -5.28. The fourth-order valence-corrected chi connectivity index (χ4v) is 7.86. The Morgan fingerprint density at radius 1 is 0.548 bits per heavy atom. The monoisotopic (exact) mass is 1060 g/mol. The molecule has 5 aliphatic heterocycles. The minimum atomic E-state index is -2.01. The first-order chi connectivity index (χ1) is 34.6. The number of carbonyl (C=O) groups is 6. The normalized spacial score (nSPS) is 38.0. The second-order valence-electron chi connectivity index (χ2n) is 17.4. The molecule has 0 spiro atoms. The van der Waals surface area contributed by atoms with E-state index >= 15 is 0 Å². The summed E-state index contributed by atoms with van der Waals surface area (Å²) in [5, 5.41) is 141. The fraction of sp³-hybridized carbons (Fsp3) is 0.850. The highest BCUT2D eigenvalue weighted by molar-refractivity contribution is 6.01. The van der Waals surface area contributed by atoms with Crippen molar-refractivity contribution in [2.45, 2.75) is 143 Å². The van der Waals surface area contributed by atoms with Crippen molar-refractivity contribution >= 4 is 35.5 Å². The van der Waals surface area contributed by atoms with Gasteiger partial charge in [0.1, 0.15) is 98.1 Å². The highest BCUT2D eigenvalue weighted by atomic mass is 16.8. The molecule has 0 saturated carbocycles. The predicted molar refractivity (Wildman–Crippen MR) is 226 cm³/mol. The average Bonchev–Trinajstić information content (AvgIpc) is 3.67. The minimum absolute atomic E-state index is 0.184. The number of carbonyl (C=O) groups excluding carboxylic acids is 6. The van der Waals surface area contributed by atoms with Gasteiger partial charge in [-0.15, -0.1) is 5.06 Å². The van der Waals surface area contributed by atoms with Crippen LogP contribution >= 0.6 is 0 Å². The number of amides is 5. The highest BCUT2D eigenvalue weighted by Gasteiger charge is 2.52. The molecule has 0 aliphatic carbocycles. The van der Waals surface area contributed by atoms with E-state index in [1.807, 2.05) is 0 Å². The number of hydrogen-bond donors (Lipinski definition) is 16. The van der Waals surface area contributed by atoms with Gasteiger partial charge in [-0.05, 0) is 6.92 Å². The van der Waals surface area contributed by atoms with Crippen LogP contribution in [0.4, 0.5) is 0 Å². The third-order valence-electron chi connectivity index (χ3n) is 12.0. The Kier molecular flexibility index (Phi) is 22.8. The van der Waals surface area contributed by atoms with Gasteiger partial charge in [-0.1, -0.05) is 0 Å². The fourth-order valence-electron chi connectivity index (χ4n) is 7.86. The summed E-state index contributed by atoms with van der Waals surface area (Å²) in [6.07, 6.45) is -34.2. The first-order valence-corrected chi connectivity index (χ1v) is 23.0. The molecule has 16 N–H and O–H groups in total. The molecule has 5 heterocycles. The maximum absolute atomic E-state index is 13.2. The largest absolute Gasteiger partial charge is 0.394 e. The average molecular weight is 1060 g/mol. The summed E-state index contributed by atoms with van der Waals surface area (Å²) in [4.78, 5) is 80.7. The number of imide groups is 1. The number of aliphatic hydroxyl groups excluding tert-OH is 13. The Labute approximate surface area is 413 Å². The molecule has 20 atom stereocenters. The first kappa shape index (κ1) is 60.0. The van der Waals surface area contributed by atoms with Crippen LogP contribution < -0.4 is 16.0 Å². The van der Waals surface area contributed by atoms with Gasteiger partial charge in [0.2, 0.25) is 17.7 Å². The number of nitrogens with zero attached hydrogens (tertiary/aromatic N) is 2. The van der Waals surface area contributed by atoms with Crippen LogP contribution in [0.25, 0.3) is 0 Å². The van der Waals surface area contributed by atoms with Gasteiger partial charge in [0.15, 0.2) is 25.2 Å². The SMILES string of the molecule is C[C@@H]1O[C@@H](OCCNC(=O)CN(CC(=O)NCCO[C@H]2O[C@H](COC3O[C@H](CO)[C@@H](O)[C@H](O)[C@@H]3O)[C@@H](O)[C@H](O[C@H]3O[C@H](CO)[C@@H](O)[C@H](O)[C@@H]3O)[C@@H]2O)CC(=O)NCC(=O)ON2C(=O)CCC2=O)[C@@H](O)[C@H](O)[C@@H]1O. The summed E-state index contributed by atoms with van der Waals surface area (Å²) in [6, 6.07) is 0. The Bertz CT molecular complexity index is 1820. The number of aliphatic hydroxyl groups is 13. The lowest BCUT2D eigenvalue weighted by molar-refractivity contribution is -0.366. The smallest absolute Gasteiger partial charge is 0.352 e. The van der Waals surface area contributed by atoms with Gasteiger partial charge in [0.05, 0.1) is 58.8 Å². The van der Waals surface area contributed by atoms with Crippen molar-refractivity contribution in [1.82, 2.24) is 25.9 Å². The van der Waals surface area contributed by atoms with Gasteiger partial charge in [-0.2, -0.15) is 0 Å². The zero-order valence-corrected chi connectivity index (χ0v) is 39.1. The van der Waals surface area contributed by atoms with E-state index in [9.17, 15) is 95.2 Å². The van der Waals surface area contributed by atoms with Crippen LogP contribution in [0.3, 0.4) is 0 Å². The molecular weight excluding hydrogens is 998 g/mol. The number of ether oxygens (including phenoxy) is 8. The van der Waals surface area contributed by atoms with E-state index in [1.54, 1.807) is 0 Å². The number of rotatable bonds is 24. The maximum Gasteiger partial charge on any atom is 0.352 e. The third kappa shape index (κ3) is 15.8. The Balaban J connectivity index is 1.19. The number of nitrogens with one attached hydrogen (secondary N) is 3. The molecule has 5 rings (SSSR count). The molecular formula is C40H65N5O28. The Morgan fingerprint density at radius 2 is 0.986 bits per heavy atom. The van der Waals surface area contributed by atoms with Gasteiger partial charge >= 0.3 is 5.97 Å². The Hall–Kier alpha value is -3.86. The lowest BCUT2D eigenvalue weighted by atomic mass is 9.96. The van der Waals surface area contributed by atoms with Crippen LogP contribution in [0, 0.1) is 0 Å². The van der Waals surface area contributed by atoms with Gasteiger partial charge in [-0.25, -0.2) is 4.79 Å². The van der Waals surface area contributed by atoms with Crippen molar-refractivity contribution in [2.24, 2.45) is 0 Å². The van der Waals surface area contributed by atoms with E-state index in [-0.39, 0.29) is 37.6 Å². The molecule has 0 bridgehead atoms. The second-order valence-corrected chi connectivity index (χ2v) is 17.4. The number of hydroxylamine groups is 2. The van der Waals surface area contributed by atoms with Gasteiger partial charge in [-0.3, -0.25) is 28.9 Å². The molecule has 0 aromatic carbocycles. The minimum Gasteiger partial charge on any atom is -0.394 e. The van der Waals surface area contributed by atoms with Crippen molar-refractivity contribution in [3.05, 3.63) is 0 Å². The van der Waals surface area contributed by atoms with E-state index in [2.05, 4.69) is 16.0 Å². The van der Waals surface area contributed by atoms with E-state index in [0.29, 0.717) is 0 Å². The van der Waals surface area contributed by atoms with Crippen molar-refractivity contribution in [2.75, 3.05) is 72.3 Å². The molecule has 0 radical (unpaired) electrons. The Morgan fingerprint density at radius 3 is 1.51 bits per heavy atom. The van der Waals surface area contributed by atoms with Crippen molar-refractivity contribution < 1.29 is 138 Å². The van der Waals surface area contributed by atoms with Gasteiger partial charge in [0, 0.05) is 25.9 Å². The lowest BCUT2D eigenvalue weighted by Gasteiger charge is -2.46. The molecule has 73 heavy (non-hydrogen) atoms. The molecule has 5 aliphatic rings. The van der Waals surface area contributed by atoms with E-state index in [0.717, 1.165) is 4.90 Å². The molecule has 5 saturated heterocycles. The van der Waals surface area contributed by atoms with Crippen LogP contribution in [-0.2, 0) is 71.5 Å². The zero-order valence-electron chi connectivity index (χ0n) is 39.1. The van der Waals surface area contributed by atoms with E-state index in [1.165, 1.54) is 6.92 Å². The van der Waals surface area contributed by atoms with Crippen molar-refractivity contribution in [3.63, 3.8) is 0 Å². The van der Waals surface area contributed by atoms with Gasteiger partial charge in [0.25, 0.3) is 11.8 Å². The van der Waals surface area contributed by atoms with Crippen LogP contribution in [0.2, 0.25) is 0 Å². The van der Waals surface area contributed by atoms with Crippen molar-refractivity contribution in [1.29, 1.82) is 0 Å². The quantitative estimate of drug-likeness (QED) is 0.0315. The summed E-state index contributed by atoms with van der Waals surface area (Å²) >= 11 is 0. The van der Waals surface area contributed by atoms with Crippen LogP contribution in [0.5, 0.6) is 0 Å². The maximum atomic E-state index is 13.2. The van der Waals surface area contributed by atoms with E-state index < -0.39 is 211 Å². The first-order valence-electron chi connectivity index (χ1n) is 23.0. The molecule has 0 aromatic rings. The number of hydrogen-bond acceptors (Lipinski definition) is 29. The third-order valence-corrected chi connectivity index (χ3v) is 12.0. The molecule has 0 aromatic heterocycles. The predicted octanol–water partition coefficient (Wildman–Crippen LogP) is -12.4. The molecule has 33 nitrogen and oxygen atoms in total. The van der Waals surface area contributed by atoms with E-state index in [4.69, 9.17) is 42.7 Å². The van der Waals surface area contributed by atoms with Crippen LogP contribution in [-0.4, -0.2) is 307 Å². The second kappa shape index (κ2) is 27.8.